The van der Waals surface area contributed by atoms with Gasteiger partial charge in [0.2, 0.25) is 0 Å². The molecular formula is C21H22N2O4. The van der Waals surface area contributed by atoms with Crippen LogP contribution in [0.25, 0.3) is 0 Å². The van der Waals surface area contributed by atoms with E-state index in [9.17, 15) is 19.5 Å². The van der Waals surface area contributed by atoms with E-state index in [1.165, 1.54) is 4.90 Å². The SMILES string of the molecule is CN(C(=O)c1cccc(C(=O)N2CCC[C@H](C(=O)O)C2)c1)c1ccccc1. The molecule has 2 aromatic rings. The van der Waals surface area contributed by atoms with Gasteiger partial charge in [-0.05, 0) is 43.2 Å². The van der Waals surface area contributed by atoms with Crippen molar-refractivity contribution in [1.82, 2.24) is 4.90 Å². The van der Waals surface area contributed by atoms with Crippen LogP contribution >= 0.6 is 0 Å². The molecule has 0 aliphatic carbocycles. The first-order chi connectivity index (χ1) is 13.0. The molecule has 2 aromatic carbocycles. The number of anilines is 1. The normalized spacial score (nSPS) is 16.6. The second-order valence-corrected chi connectivity index (χ2v) is 6.71. The number of hydrogen-bond donors (Lipinski definition) is 1. The molecule has 0 unspecified atom stereocenters. The lowest BCUT2D eigenvalue weighted by atomic mass is 9.97. The number of likely N-dealkylation sites (tertiary alicyclic amines) is 1. The predicted octanol–water partition coefficient (Wildman–Crippen LogP) is 2.90. The largest absolute Gasteiger partial charge is 0.481 e. The Labute approximate surface area is 158 Å². The van der Waals surface area contributed by atoms with Crippen molar-refractivity contribution in [2.24, 2.45) is 5.92 Å². The van der Waals surface area contributed by atoms with Gasteiger partial charge in [-0.3, -0.25) is 14.4 Å². The van der Waals surface area contributed by atoms with Gasteiger partial charge in [-0.25, -0.2) is 0 Å². The topological polar surface area (TPSA) is 77.9 Å². The van der Waals surface area contributed by atoms with Crippen molar-refractivity contribution in [3.05, 3.63) is 65.7 Å². The molecule has 1 saturated heterocycles. The van der Waals surface area contributed by atoms with Crippen molar-refractivity contribution in [2.75, 3.05) is 25.0 Å². The molecule has 0 saturated carbocycles. The van der Waals surface area contributed by atoms with Gasteiger partial charge in [-0.15, -0.1) is 0 Å². The van der Waals surface area contributed by atoms with Crippen LogP contribution in [-0.2, 0) is 4.79 Å². The molecule has 1 heterocycles. The first-order valence-electron chi connectivity index (χ1n) is 8.92. The molecule has 0 radical (unpaired) electrons. The van der Waals surface area contributed by atoms with Gasteiger partial charge in [0.15, 0.2) is 0 Å². The molecule has 1 aliphatic rings. The summed E-state index contributed by atoms with van der Waals surface area (Å²) in [7, 11) is 1.69. The fourth-order valence-corrected chi connectivity index (χ4v) is 3.29. The highest BCUT2D eigenvalue weighted by atomic mass is 16.4. The maximum atomic E-state index is 12.8. The summed E-state index contributed by atoms with van der Waals surface area (Å²) in [6, 6.07) is 15.9. The van der Waals surface area contributed by atoms with Gasteiger partial charge < -0.3 is 14.9 Å². The van der Waals surface area contributed by atoms with Crippen LogP contribution in [0.2, 0.25) is 0 Å². The zero-order chi connectivity index (χ0) is 19.4. The van der Waals surface area contributed by atoms with Crippen LogP contribution in [0, 0.1) is 5.92 Å². The van der Waals surface area contributed by atoms with Gasteiger partial charge in [0.1, 0.15) is 0 Å². The zero-order valence-corrected chi connectivity index (χ0v) is 15.2. The van der Waals surface area contributed by atoms with Crippen molar-refractivity contribution in [3.63, 3.8) is 0 Å². The van der Waals surface area contributed by atoms with Crippen LogP contribution in [0.5, 0.6) is 0 Å². The number of piperidine rings is 1. The summed E-state index contributed by atoms with van der Waals surface area (Å²) in [4.78, 5) is 39.9. The Morgan fingerprint density at radius 1 is 1.04 bits per heavy atom. The van der Waals surface area contributed by atoms with Crippen molar-refractivity contribution in [1.29, 1.82) is 0 Å². The summed E-state index contributed by atoms with van der Waals surface area (Å²) in [6.45, 7) is 0.737. The summed E-state index contributed by atoms with van der Waals surface area (Å²) in [5.74, 6) is -1.85. The first kappa shape index (κ1) is 18.6. The Morgan fingerprint density at radius 3 is 2.44 bits per heavy atom. The Hall–Kier alpha value is -3.15. The van der Waals surface area contributed by atoms with E-state index in [2.05, 4.69) is 0 Å². The summed E-state index contributed by atoms with van der Waals surface area (Å²) in [5, 5.41) is 9.21. The van der Waals surface area contributed by atoms with Gasteiger partial charge in [-0.1, -0.05) is 24.3 Å². The average Bonchev–Trinajstić information content (AvgIpc) is 2.73. The number of para-hydroxylation sites is 1. The Kier molecular flexibility index (Phi) is 5.54. The van der Waals surface area contributed by atoms with Crippen LogP contribution in [0.4, 0.5) is 5.69 Å². The van der Waals surface area contributed by atoms with Gasteiger partial charge in [-0.2, -0.15) is 0 Å². The predicted molar refractivity (Wildman–Crippen MR) is 102 cm³/mol. The number of aliphatic carboxylic acids is 1. The molecule has 1 atom stereocenters. The second-order valence-electron chi connectivity index (χ2n) is 6.71. The fraction of sp³-hybridized carbons (Fsp3) is 0.286. The van der Waals surface area contributed by atoms with Crippen LogP contribution < -0.4 is 4.90 Å². The number of carbonyl (C=O) groups excluding carboxylic acids is 2. The molecule has 0 aromatic heterocycles. The van der Waals surface area contributed by atoms with Crippen molar-refractivity contribution >= 4 is 23.5 Å². The quantitative estimate of drug-likeness (QED) is 0.902. The number of carbonyl (C=O) groups is 3. The highest BCUT2D eigenvalue weighted by molar-refractivity contribution is 6.07. The third-order valence-electron chi connectivity index (χ3n) is 4.86. The second kappa shape index (κ2) is 8.03. The number of benzene rings is 2. The molecular weight excluding hydrogens is 344 g/mol. The molecule has 3 rings (SSSR count). The zero-order valence-electron chi connectivity index (χ0n) is 15.2. The summed E-state index contributed by atoms with van der Waals surface area (Å²) in [6.07, 6.45) is 1.25. The average molecular weight is 366 g/mol. The molecule has 2 amide bonds. The van der Waals surface area contributed by atoms with E-state index in [-0.39, 0.29) is 18.4 Å². The minimum absolute atomic E-state index is 0.205. The van der Waals surface area contributed by atoms with E-state index in [4.69, 9.17) is 0 Å². The summed E-state index contributed by atoms with van der Waals surface area (Å²) in [5.41, 5.74) is 1.58. The minimum Gasteiger partial charge on any atom is -0.481 e. The number of carboxylic acid groups (broad SMARTS) is 1. The molecule has 0 bridgehead atoms. The number of rotatable bonds is 4. The molecule has 1 N–H and O–H groups in total. The molecule has 140 valence electrons. The Balaban J connectivity index is 1.78. The van der Waals surface area contributed by atoms with Crippen molar-refractivity contribution in [2.45, 2.75) is 12.8 Å². The highest BCUT2D eigenvalue weighted by Gasteiger charge is 2.29. The van der Waals surface area contributed by atoms with Crippen molar-refractivity contribution in [3.8, 4) is 0 Å². The molecule has 27 heavy (non-hydrogen) atoms. The molecule has 6 nitrogen and oxygen atoms in total. The van der Waals surface area contributed by atoms with E-state index in [0.717, 1.165) is 5.69 Å². The minimum atomic E-state index is -0.874. The summed E-state index contributed by atoms with van der Waals surface area (Å²) < 4.78 is 0. The van der Waals surface area contributed by atoms with Gasteiger partial charge in [0, 0.05) is 37.0 Å². The monoisotopic (exact) mass is 366 g/mol. The Morgan fingerprint density at radius 2 is 1.74 bits per heavy atom. The summed E-state index contributed by atoms with van der Waals surface area (Å²) >= 11 is 0. The number of hydrogen-bond acceptors (Lipinski definition) is 3. The smallest absolute Gasteiger partial charge is 0.308 e. The lowest BCUT2D eigenvalue weighted by Crippen LogP contribution is -2.42. The Bertz CT molecular complexity index is 850. The third-order valence-corrected chi connectivity index (χ3v) is 4.86. The van der Waals surface area contributed by atoms with Gasteiger partial charge in [0.25, 0.3) is 11.8 Å². The van der Waals surface area contributed by atoms with Crippen LogP contribution in [0.1, 0.15) is 33.6 Å². The lowest BCUT2D eigenvalue weighted by Gasteiger charge is -2.30. The molecule has 1 fully saturated rings. The maximum Gasteiger partial charge on any atom is 0.308 e. The van der Waals surface area contributed by atoms with Crippen LogP contribution in [-0.4, -0.2) is 47.9 Å². The van der Waals surface area contributed by atoms with Crippen molar-refractivity contribution < 1.29 is 19.5 Å². The first-order valence-corrected chi connectivity index (χ1v) is 8.92. The van der Waals surface area contributed by atoms with E-state index < -0.39 is 11.9 Å². The fourth-order valence-electron chi connectivity index (χ4n) is 3.29. The number of carboxylic acids is 1. The van der Waals surface area contributed by atoms with E-state index in [1.807, 2.05) is 30.3 Å². The molecule has 1 aliphatic heterocycles. The van der Waals surface area contributed by atoms with E-state index in [0.29, 0.717) is 30.5 Å². The van der Waals surface area contributed by atoms with E-state index >= 15 is 0 Å². The van der Waals surface area contributed by atoms with Crippen LogP contribution in [0.3, 0.4) is 0 Å². The number of amides is 2. The third kappa shape index (κ3) is 4.16. The van der Waals surface area contributed by atoms with Gasteiger partial charge in [0.05, 0.1) is 5.92 Å². The van der Waals surface area contributed by atoms with Crippen LogP contribution in [0.15, 0.2) is 54.6 Å². The van der Waals surface area contributed by atoms with Gasteiger partial charge >= 0.3 is 5.97 Å². The lowest BCUT2D eigenvalue weighted by molar-refractivity contribution is -0.143. The standard InChI is InChI=1S/C21H22N2O4/c1-22(18-10-3-2-4-11-18)19(24)15-7-5-8-16(13-15)20(25)23-12-6-9-17(14-23)21(26)27/h2-5,7-8,10-11,13,17H,6,9,12,14H2,1H3,(H,26,27)/t17-/m0/s1. The van der Waals surface area contributed by atoms with E-state index in [1.54, 1.807) is 36.2 Å². The number of nitrogens with zero attached hydrogens (tertiary/aromatic N) is 2. The molecule has 0 spiro atoms. The highest BCUT2D eigenvalue weighted by Crippen LogP contribution is 2.20. The molecule has 6 heteroatoms. The maximum absolute atomic E-state index is 12.8.